The van der Waals surface area contributed by atoms with E-state index < -0.39 is 0 Å². The molecule has 0 aromatic heterocycles. The highest BCUT2D eigenvalue weighted by atomic mass is 13.7. The van der Waals surface area contributed by atoms with Crippen molar-refractivity contribution in [2.75, 3.05) is 0 Å². The summed E-state index contributed by atoms with van der Waals surface area (Å²) in [5, 5.41) is 0. The second kappa shape index (κ2) is 5.56. The molecule has 0 amide bonds. The van der Waals surface area contributed by atoms with Crippen LogP contribution in [-0.4, -0.2) is 0 Å². The molecule has 7 heavy (non-hydrogen) atoms. The number of rotatable bonds is 1. The van der Waals surface area contributed by atoms with Crippen LogP contribution >= 0.6 is 0 Å². The van der Waals surface area contributed by atoms with Crippen molar-refractivity contribution in [3.8, 4) is 11.8 Å². The van der Waals surface area contributed by atoms with Crippen molar-refractivity contribution in [2.45, 2.75) is 26.2 Å². The van der Waals surface area contributed by atoms with Gasteiger partial charge in [-0.2, -0.15) is 0 Å². The molecule has 0 nitrogen and oxygen atoms in total. The van der Waals surface area contributed by atoms with Gasteiger partial charge in [0.05, 0.1) is 0 Å². The second-order valence-corrected chi connectivity index (χ2v) is 1.35. The highest BCUT2D eigenvalue weighted by molar-refractivity contribution is 4.98. The van der Waals surface area contributed by atoms with Gasteiger partial charge in [-0.1, -0.05) is 6.92 Å². The summed E-state index contributed by atoms with van der Waals surface area (Å²) in [4.78, 5) is 0. The molecule has 0 fully saturated rings. The van der Waals surface area contributed by atoms with Crippen molar-refractivity contribution >= 4 is 0 Å². The Balaban J connectivity index is 2.91. The van der Waals surface area contributed by atoms with Crippen LogP contribution in [0.25, 0.3) is 0 Å². The van der Waals surface area contributed by atoms with Gasteiger partial charge in [0.1, 0.15) is 0 Å². The first kappa shape index (κ1) is 6.56. The van der Waals surface area contributed by atoms with E-state index in [0.717, 1.165) is 19.3 Å². The normalized spacial score (nSPS) is 7.14. The zero-order valence-corrected chi connectivity index (χ0v) is 4.83. The fraction of sp³-hybridized carbons (Fsp3) is 0.571. The maximum absolute atomic E-state index is 3.58. The van der Waals surface area contributed by atoms with Crippen molar-refractivity contribution in [1.82, 2.24) is 0 Å². The Morgan fingerprint density at radius 3 is 2.57 bits per heavy atom. The van der Waals surface area contributed by atoms with Crippen molar-refractivity contribution in [2.24, 2.45) is 0 Å². The highest BCUT2D eigenvalue weighted by Crippen LogP contribution is 1.80. The molecular formula is C7H11. The molecule has 0 rings (SSSR count). The van der Waals surface area contributed by atoms with Crippen LogP contribution in [0.5, 0.6) is 0 Å². The largest absolute Gasteiger partial charge is 0.103 e. The molecule has 0 heterocycles. The molecule has 0 bridgehead atoms. The van der Waals surface area contributed by atoms with E-state index in [1.54, 1.807) is 0 Å². The molecule has 0 saturated carbocycles. The van der Waals surface area contributed by atoms with Gasteiger partial charge in [0.2, 0.25) is 0 Å². The third-order valence-electron chi connectivity index (χ3n) is 0.625. The van der Waals surface area contributed by atoms with Crippen LogP contribution in [0.1, 0.15) is 26.2 Å². The zero-order valence-electron chi connectivity index (χ0n) is 4.83. The van der Waals surface area contributed by atoms with E-state index in [2.05, 4.69) is 25.7 Å². The minimum atomic E-state index is 0.750. The molecule has 1 radical (unpaired) electrons. The molecule has 0 aliphatic rings. The summed E-state index contributed by atoms with van der Waals surface area (Å²) in [5.74, 6) is 5.86. The summed E-state index contributed by atoms with van der Waals surface area (Å²) in [6.45, 7) is 5.71. The van der Waals surface area contributed by atoms with Gasteiger partial charge in [-0.15, -0.1) is 11.8 Å². The Bertz CT molecular complexity index is 71.8. The Labute approximate surface area is 45.9 Å². The van der Waals surface area contributed by atoms with E-state index in [0.29, 0.717) is 0 Å². The summed E-state index contributed by atoms with van der Waals surface area (Å²) in [6, 6.07) is 0. The molecule has 0 heteroatoms. The van der Waals surface area contributed by atoms with Crippen molar-refractivity contribution < 1.29 is 0 Å². The van der Waals surface area contributed by atoms with Crippen LogP contribution in [0.3, 0.4) is 0 Å². The van der Waals surface area contributed by atoms with Crippen LogP contribution in [0.2, 0.25) is 0 Å². The molecule has 39 valence electrons. The van der Waals surface area contributed by atoms with Crippen molar-refractivity contribution in [1.29, 1.82) is 0 Å². The van der Waals surface area contributed by atoms with Gasteiger partial charge in [-0.3, -0.25) is 0 Å². The highest BCUT2D eigenvalue weighted by Gasteiger charge is 1.66. The van der Waals surface area contributed by atoms with Crippen LogP contribution in [0, 0.1) is 18.8 Å². The summed E-state index contributed by atoms with van der Waals surface area (Å²) in [5.41, 5.74) is 0. The summed E-state index contributed by atoms with van der Waals surface area (Å²) in [7, 11) is 0. The summed E-state index contributed by atoms with van der Waals surface area (Å²) in [6.07, 6.45) is 2.93. The van der Waals surface area contributed by atoms with Gasteiger partial charge in [0.25, 0.3) is 0 Å². The molecule has 0 aliphatic heterocycles. The molecule has 0 unspecified atom stereocenters. The first-order valence-corrected chi connectivity index (χ1v) is 2.66. The number of hydrogen-bond acceptors (Lipinski definition) is 0. The predicted octanol–water partition coefficient (Wildman–Crippen LogP) is 2.01. The fourth-order valence-corrected chi connectivity index (χ4v) is 0.302. The summed E-state index contributed by atoms with van der Waals surface area (Å²) >= 11 is 0. The first-order chi connectivity index (χ1) is 3.41. The Morgan fingerprint density at radius 1 is 1.43 bits per heavy atom. The monoisotopic (exact) mass is 95.1 g/mol. The minimum absolute atomic E-state index is 0.750. The van der Waals surface area contributed by atoms with E-state index >= 15 is 0 Å². The lowest BCUT2D eigenvalue weighted by Gasteiger charge is -1.74. The third kappa shape index (κ3) is 5.56. The molecule has 0 aliphatic carbocycles. The number of unbranched alkanes of at least 4 members (excludes halogenated alkanes) is 1. The van der Waals surface area contributed by atoms with Crippen molar-refractivity contribution in [3.63, 3.8) is 0 Å². The maximum atomic E-state index is 3.58. The minimum Gasteiger partial charge on any atom is -0.103 e. The quantitative estimate of drug-likeness (QED) is 0.437. The van der Waals surface area contributed by atoms with E-state index in [4.69, 9.17) is 0 Å². The van der Waals surface area contributed by atoms with Gasteiger partial charge in [-0.25, -0.2) is 0 Å². The molecule has 0 N–H and O–H groups in total. The van der Waals surface area contributed by atoms with Crippen LogP contribution in [-0.2, 0) is 0 Å². The molecular weight excluding hydrogens is 84.1 g/mol. The lowest BCUT2D eigenvalue weighted by molar-refractivity contribution is 0.982. The number of hydrogen-bond donors (Lipinski definition) is 0. The van der Waals surface area contributed by atoms with E-state index in [1.165, 1.54) is 0 Å². The fourth-order valence-electron chi connectivity index (χ4n) is 0.302. The van der Waals surface area contributed by atoms with Gasteiger partial charge in [-0.05, 0) is 13.3 Å². The summed E-state index contributed by atoms with van der Waals surface area (Å²) < 4.78 is 0. The first-order valence-electron chi connectivity index (χ1n) is 2.66. The maximum Gasteiger partial charge on any atom is 0.00890 e. The Morgan fingerprint density at radius 2 is 2.14 bits per heavy atom. The molecule has 0 spiro atoms. The lowest BCUT2D eigenvalue weighted by Crippen LogP contribution is -1.59. The molecule has 0 aromatic carbocycles. The van der Waals surface area contributed by atoms with Gasteiger partial charge >= 0.3 is 0 Å². The van der Waals surface area contributed by atoms with Crippen molar-refractivity contribution in [3.05, 3.63) is 6.92 Å². The van der Waals surface area contributed by atoms with Gasteiger partial charge in [0, 0.05) is 12.8 Å². The Hall–Kier alpha value is -0.440. The van der Waals surface area contributed by atoms with Crippen LogP contribution in [0.15, 0.2) is 0 Å². The molecule has 0 saturated heterocycles. The SMILES string of the molecule is [CH2]CC#CCCC. The van der Waals surface area contributed by atoms with Crippen LogP contribution < -0.4 is 0 Å². The average Bonchev–Trinajstić information content (AvgIpc) is 1.69. The average molecular weight is 95.2 g/mol. The zero-order chi connectivity index (χ0) is 5.54. The predicted molar refractivity (Wildman–Crippen MR) is 32.7 cm³/mol. The standard InChI is InChI=1S/C7H11/c1-3-5-7-6-4-2/h1,3-4,6H2,2H3. The van der Waals surface area contributed by atoms with Crippen LogP contribution in [0.4, 0.5) is 0 Å². The third-order valence-corrected chi connectivity index (χ3v) is 0.625. The van der Waals surface area contributed by atoms with E-state index in [9.17, 15) is 0 Å². The van der Waals surface area contributed by atoms with E-state index in [-0.39, 0.29) is 0 Å². The van der Waals surface area contributed by atoms with Gasteiger partial charge < -0.3 is 0 Å². The lowest BCUT2D eigenvalue weighted by atomic mass is 10.3. The van der Waals surface area contributed by atoms with E-state index in [1.807, 2.05) is 0 Å². The second-order valence-electron chi connectivity index (χ2n) is 1.35. The topological polar surface area (TPSA) is 0 Å². The molecule has 0 aromatic rings. The smallest absolute Gasteiger partial charge is 0.00890 e. The molecule has 0 atom stereocenters. The Kier molecular flexibility index (Phi) is 5.21. The van der Waals surface area contributed by atoms with Gasteiger partial charge in [0.15, 0.2) is 0 Å².